The molecule has 1 aliphatic rings. The monoisotopic (exact) mass is 294 g/mol. The van der Waals surface area contributed by atoms with Crippen molar-refractivity contribution in [3.05, 3.63) is 15.6 Å². The fraction of sp³-hybridized carbons (Fsp3) is 0.824. The predicted molar refractivity (Wildman–Crippen MR) is 88.4 cm³/mol. The maximum Gasteiger partial charge on any atom is 0.113 e. The Morgan fingerprint density at radius 2 is 1.85 bits per heavy atom. The normalized spacial score (nSPS) is 27.8. The second-order valence-electron chi connectivity index (χ2n) is 7.41. The molecule has 0 spiro atoms. The zero-order valence-electron chi connectivity index (χ0n) is 14.0. The van der Waals surface area contributed by atoms with Gasteiger partial charge in [-0.3, -0.25) is 0 Å². The van der Waals surface area contributed by atoms with Gasteiger partial charge < -0.3 is 5.32 Å². The van der Waals surface area contributed by atoms with E-state index in [0.29, 0.717) is 5.41 Å². The molecule has 1 aromatic rings. The van der Waals surface area contributed by atoms with Gasteiger partial charge in [0, 0.05) is 4.88 Å². The van der Waals surface area contributed by atoms with Gasteiger partial charge in [0.15, 0.2) is 0 Å². The molecule has 0 saturated heterocycles. The fourth-order valence-electron chi connectivity index (χ4n) is 3.46. The molecule has 0 unspecified atom stereocenters. The lowest BCUT2D eigenvalue weighted by Gasteiger charge is -2.43. The van der Waals surface area contributed by atoms with E-state index >= 15 is 0 Å². The van der Waals surface area contributed by atoms with Gasteiger partial charge in [-0.2, -0.15) is 0 Å². The molecule has 1 N–H and O–H groups in total. The van der Waals surface area contributed by atoms with Crippen LogP contribution in [0.2, 0.25) is 0 Å². The van der Waals surface area contributed by atoms with Crippen LogP contribution in [0.1, 0.15) is 69.0 Å². The summed E-state index contributed by atoms with van der Waals surface area (Å²) < 4.78 is 0. The highest BCUT2D eigenvalue weighted by Gasteiger charge is 2.41. The van der Waals surface area contributed by atoms with Crippen LogP contribution in [0, 0.1) is 25.2 Å². The molecule has 0 radical (unpaired) electrons. The molecule has 0 aliphatic heterocycles. The standard InChI is InChI=1S/C17H30N2S/c1-7-18-17(15-19-12(2)13(3)20-15)10-8-14(9-11-17)16(4,5)6/h14,18H,7-11H2,1-6H3. The lowest BCUT2D eigenvalue weighted by Crippen LogP contribution is -2.46. The third-order valence-corrected chi connectivity index (χ3v) is 6.29. The van der Waals surface area contributed by atoms with Crippen molar-refractivity contribution in [3.8, 4) is 0 Å². The molecule has 1 heterocycles. The molecular weight excluding hydrogens is 264 g/mol. The zero-order chi connectivity index (χ0) is 15.0. The molecule has 1 aliphatic carbocycles. The average Bonchev–Trinajstić information content (AvgIpc) is 2.70. The molecule has 0 amide bonds. The van der Waals surface area contributed by atoms with E-state index < -0.39 is 0 Å². The molecule has 2 rings (SSSR count). The number of aryl methyl sites for hydroxylation is 2. The summed E-state index contributed by atoms with van der Waals surface area (Å²) in [5.41, 5.74) is 1.79. The van der Waals surface area contributed by atoms with Gasteiger partial charge in [-0.15, -0.1) is 11.3 Å². The number of aromatic nitrogens is 1. The summed E-state index contributed by atoms with van der Waals surface area (Å²) in [6, 6.07) is 0. The Hall–Kier alpha value is -0.410. The fourth-order valence-corrected chi connectivity index (χ4v) is 4.60. The van der Waals surface area contributed by atoms with Crippen molar-refractivity contribution in [2.75, 3.05) is 6.54 Å². The molecule has 3 heteroatoms. The van der Waals surface area contributed by atoms with Gasteiger partial charge in [0.1, 0.15) is 5.01 Å². The minimum Gasteiger partial charge on any atom is -0.306 e. The number of hydrogen-bond donors (Lipinski definition) is 1. The molecule has 2 nitrogen and oxygen atoms in total. The highest BCUT2D eigenvalue weighted by molar-refractivity contribution is 7.11. The SMILES string of the molecule is CCNC1(c2nc(C)c(C)s2)CCC(C(C)(C)C)CC1. The summed E-state index contributed by atoms with van der Waals surface area (Å²) in [5, 5.41) is 5.10. The molecule has 0 aromatic carbocycles. The smallest absolute Gasteiger partial charge is 0.113 e. The van der Waals surface area contributed by atoms with E-state index in [-0.39, 0.29) is 5.54 Å². The van der Waals surface area contributed by atoms with Crippen LogP contribution in [-0.4, -0.2) is 11.5 Å². The first-order valence-corrected chi connectivity index (χ1v) is 8.79. The summed E-state index contributed by atoms with van der Waals surface area (Å²) in [6.07, 6.45) is 5.09. The van der Waals surface area contributed by atoms with E-state index in [4.69, 9.17) is 4.98 Å². The Kier molecular flexibility index (Phi) is 4.60. The number of hydrogen-bond acceptors (Lipinski definition) is 3. The van der Waals surface area contributed by atoms with E-state index in [0.717, 1.165) is 12.5 Å². The summed E-state index contributed by atoms with van der Waals surface area (Å²) in [6.45, 7) is 14.7. The van der Waals surface area contributed by atoms with Crippen LogP contribution in [0.5, 0.6) is 0 Å². The van der Waals surface area contributed by atoms with Crippen molar-refractivity contribution in [1.82, 2.24) is 10.3 Å². The lowest BCUT2D eigenvalue weighted by atomic mass is 9.67. The maximum atomic E-state index is 4.87. The van der Waals surface area contributed by atoms with E-state index in [1.807, 2.05) is 11.3 Å². The number of thiazole rings is 1. The van der Waals surface area contributed by atoms with Gasteiger partial charge in [0.25, 0.3) is 0 Å². The van der Waals surface area contributed by atoms with Crippen LogP contribution in [0.15, 0.2) is 0 Å². The minimum absolute atomic E-state index is 0.139. The molecular formula is C17H30N2S. The van der Waals surface area contributed by atoms with Crippen LogP contribution >= 0.6 is 11.3 Å². The van der Waals surface area contributed by atoms with Crippen molar-refractivity contribution in [2.45, 2.75) is 72.8 Å². The van der Waals surface area contributed by atoms with E-state index in [9.17, 15) is 0 Å². The number of rotatable bonds is 3. The van der Waals surface area contributed by atoms with E-state index in [1.54, 1.807) is 0 Å². The zero-order valence-corrected chi connectivity index (χ0v) is 14.8. The van der Waals surface area contributed by atoms with Gasteiger partial charge in [-0.1, -0.05) is 27.7 Å². The van der Waals surface area contributed by atoms with Crippen LogP contribution < -0.4 is 5.32 Å². The summed E-state index contributed by atoms with van der Waals surface area (Å²) in [4.78, 5) is 6.24. The molecule has 0 bridgehead atoms. The first-order chi connectivity index (χ1) is 9.28. The summed E-state index contributed by atoms with van der Waals surface area (Å²) in [7, 11) is 0. The first-order valence-electron chi connectivity index (χ1n) is 7.98. The van der Waals surface area contributed by atoms with Crippen molar-refractivity contribution in [2.24, 2.45) is 11.3 Å². The third-order valence-electron chi connectivity index (χ3n) is 5.02. The van der Waals surface area contributed by atoms with E-state index in [2.05, 4.69) is 46.9 Å². The van der Waals surface area contributed by atoms with Gasteiger partial charge >= 0.3 is 0 Å². The van der Waals surface area contributed by atoms with E-state index in [1.165, 1.54) is 41.3 Å². The highest BCUT2D eigenvalue weighted by atomic mass is 32.1. The number of nitrogens with one attached hydrogen (secondary N) is 1. The van der Waals surface area contributed by atoms with Crippen molar-refractivity contribution >= 4 is 11.3 Å². The van der Waals surface area contributed by atoms with Crippen LogP contribution in [0.25, 0.3) is 0 Å². The maximum absolute atomic E-state index is 4.87. The predicted octanol–water partition coefficient (Wildman–Crippen LogP) is 4.80. The molecule has 20 heavy (non-hydrogen) atoms. The molecule has 0 atom stereocenters. The van der Waals surface area contributed by atoms with Gasteiger partial charge in [-0.25, -0.2) is 4.98 Å². The van der Waals surface area contributed by atoms with Crippen LogP contribution in [0.4, 0.5) is 0 Å². The van der Waals surface area contributed by atoms with Crippen LogP contribution in [-0.2, 0) is 5.54 Å². The van der Waals surface area contributed by atoms with Gasteiger partial charge in [-0.05, 0) is 57.4 Å². The van der Waals surface area contributed by atoms with Gasteiger partial charge in [0.05, 0.1) is 11.2 Å². The third kappa shape index (κ3) is 3.09. The van der Waals surface area contributed by atoms with Crippen LogP contribution in [0.3, 0.4) is 0 Å². The summed E-state index contributed by atoms with van der Waals surface area (Å²) >= 11 is 1.89. The quantitative estimate of drug-likeness (QED) is 0.866. The largest absolute Gasteiger partial charge is 0.306 e. The molecule has 1 saturated carbocycles. The Bertz CT molecular complexity index is 429. The lowest BCUT2D eigenvalue weighted by molar-refractivity contribution is 0.114. The van der Waals surface area contributed by atoms with Crippen molar-refractivity contribution in [1.29, 1.82) is 0 Å². The molecule has 1 fully saturated rings. The molecule has 114 valence electrons. The van der Waals surface area contributed by atoms with Gasteiger partial charge in [0.2, 0.25) is 0 Å². The first kappa shape index (κ1) is 16.0. The summed E-state index contributed by atoms with van der Waals surface area (Å²) in [5.74, 6) is 0.844. The van der Waals surface area contributed by atoms with Crippen molar-refractivity contribution in [3.63, 3.8) is 0 Å². The minimum atomic E-state index is 0.139. The molecule has 1 aromatic heterocycles. The topological polar surface area (TPSA) is 24.9 Å². The average molecular weight is 295 g/mol. The number of nitrogens with zero attached hydrogens (tertiary/aromatic N) is 1. The second-order valence-corrected chi connectivity index (χ2v) is 8.62. The second kappa shape index (κ2) is 5.76. The Morgan fingerprint density at radius 1 is 1.25 bits per heavy atom. The Labute approximate surface area is 128 Å². The highest BCUT2D eigenvalue weighted by Crippen LogP contribution is 2.46. The Morgan fingerprint density at radius 3 is 2.25 bits per heavy atom. The van der Waals surface area contributed by atoms with Crippen molar-refractivity contribution < 1.29 is 0 Å². The Balaban J connectivity index is 2.21.